The van der Waals surface area contributed by atoms with Crippen molar-refractivity contribution in [1.82, 2.24) is 4.31 Å². The first-order valence-corrected chi connectivity index (χ1v) is 10.4. The van der Waals surface area contributed by atoms with E-state index in [9.17, 15) is 8.42 Å². The van der Waals surface area contributed by atoms with E-state index in [0.717, 1.165) is 17.1 Å². The number of thioether (sulfide) groups is 1. The molecule has 0 amide bonds. The topological polar surface area (TPSA) is 46.6 Å². The lowest BCUT2D eigenvalue weighted by Gasteiger charge is -2.24. The van der Waals surface area contributed by atoms with Crippen molar-refractivity contribution in [3.63, 3.8) is 0 Å². The predicted octanol–water partition coefficient (Wildman–Crippen LogP) is 4.44. The summed E-state index contributed by atoms with van der Waals surface area (Å²) in [5.41, 5.74) is 0.918. The van der Waals surface area contributed by atoms with Gasteiger partial charge >= 0.3 is 0 Å². The molecule has 4 nitrogen and oxygen atoms in total. The zero-order valence-corrected chi connectivity index (χ0v) is 15.9. The Morgan fingerprint density at radius 3 is 2.46 bits per heavy atom. The highest BCUT2D eigenvalue weighted by molar-refractivity contribution is 8.01. The summed E-state index contributed by atoms with van der Waals surface area (Å²) in [6, 6.07) is 11.8. The third-order valence-electron chi connectivity index (χ3n) is 3.75. The summed E-state index contributed by atoms with van der Waals surface area (Å²) < 4.78 is 32.6. The van der Waals surface area contributed by atoms with Crippen LogP contribution in [0, 0.1) is 0 Å². The molecule has 1 unspecified atom stereocenters. The Hall–Kier alpha value is -0.920. The Kier molecular flexibility index (Phi) is 5.32. The van der Waals surface area contributed by atoms with Crippen molar-refractivity contribution in [2.24, 2.45) is 0 Å². The molecule has 0 N–H and O–H groups in total. The second-order valence-electron chi connectivity index (χ2n) is 5.19. The number of rotatable bonds is 4. The van der Waals surface area contributed by atoms with Crippen molar-refractivity contribution in [1.29, 1.82) is 0 Å². The molecule has 1 heterocycles. The fourth-order valence-electron chi connectivity index (χ4n) is 2.50. The molecule has 0 aromatic heterocycles. The van der Waals surface area contributed by atoms with Gasteiger partial charge in [0.25, 0.3) is 0 Å². The SMILES string of the molecule is COc1ccc(C2SCCN2S(=O)(=O)c2ccc(Cl)c(Cl)c2)cc1. The van der Waals surface area contributed by atoms with Crippen LogP contribution in [0.1, 0.15) is 10.9 Å². The minimum Gasteiger partial charge on any atom is -0.497 e. The molecule has 1 fully saturated rings. The number of methoxy groups -OCH3 is 1. The number of nitrogens with zero attached hydrogens (tertiary/aromatic N) is 1. The second-order valence-corrected chi connectivity index (χ2v) is 9.08. The Morgan fingerprint density at radius 1 is 1.12 bits per heavy atom. The fraction of sp³-hybridized carbons (Fsp3) is 0.250. The minimum atomic E-state index is -3.65. The highest BCUT2D eigenvalue weighted by Crippen LogP contribution is 2.42. The maximum atomic E-state index is 13.0. The van der Waals surface area contributed by atoms with Crippen LogP contribution in [0.5, 0.6) is 5.75 Å². The summed E-state index contributed by atoms with van der Waals surface area (Å²) in [5, 5.41) is 0.291. The zero-order chi connectivity index (χ0) is 17.3. The van der Waals surface area contributed by atoms with Crippen LogP contribution in [0.2, 0.25) is 10.0 Å². The van der Waals surface area contributed by atoms with Crippen molar-refractivity contribution in [3.05, 3.63) is 58.1 Å². The van der Waals surface area contributed by atoms with Crippen molar-refractivity contribution in [3.8, 4) is 5.75 Å². The average Bonchev–Trinajstić information content (AvgIpc) is 3.08. The summed E-state index contributed by atoms with van der Waals surface area (Å²) in [6.45, 7) is 0.448. The van der Waals surface area contributed by atoms with Crippen molar-refractivity contribution in [2.75, 3.05) is 19.4 Å². The lowest BCUT2D eigenvalue weighted by atomic mass is 10.2. The molecule has 0 bridgehead atoms. The number of hydrogen-bond acceptors (Lipinski definition) is 4. The van der Waals surface area contributed by atoms with E-state index in [-0.39, 0.29) is 15.3 Å². The van der Waals surface area contributed by atoms with Crippen LogP contribution in [-0.4, -0.2) is 32.1 Å². The molecule has 0 radical (unpaired) electrons. The van der Waals surface area contributed by atoms with Gasteiger partial charge in [0.1, 0.15) is 5.75 Å². The van der Waals surface area contributed by atoms with Crippen LogP contribution < -0.4 is 4.74 Å². The number of halogens is 2. The van der Waals surface area contributed by atoms with Gasteiger partial charge in [-0.1, -0.05) is 35.3 Å². The largest absolute Gasteiger partial charge is 0.497 e. The number of hydrogen-bond donors (Lipinski definition) is 0. The molecule has 8 heteroatoms. The van der Waals surface area contributed by atoms with E-state index in [1.165, 1.54) is 22.5 Å². The summed E-state index contributed by atoms with van der Waals surface area (Å²) in [7, 11) is -2.06. The third-order valence-corrected chi connectivity index (χ3v) is 7.74. The first-order chi connectivity index (χ1) is 11.4. The number of ether oxygens (including phenoxy) is 1. The van der Waals surface area contributed by atoms with Gasteiger partial charge in [0, 0.05) is 12.3 Å². The predicted molar refractivity (Wildman–Crippen MR) is 98.5 cm³/mol. The molecule has 1 atom stereocenters. The maximum Gasteiger partial charge on any atom is 0.244 e. The number of sulfonamides is 1. The third kappa shape index (κ3) is 3.39. The molecule has 128 valence electrons. The Bertz CT molecular complexity index is 841. The zero-order valence-electron chi connectivity index (χ0n) is 12.8. The van der Waals surface area contributed by atoms with Gasteiger partial charge in [-0.2, -0.15) is 4.31 Å². The van der Waals surface area contributed by atoms with E-state index in [0.29, 0.717) is 11.6 Å². The van der Waals surface area contributed by atoms with Crippen molar-refractivity contribution < 1.29 is 13.2 Å². The van der Waals surface area contributed by atoms with E-state index in [2.05, 4.69) is 0 Å². The lowest BCUT2D eigenvalue weighted by molar-refractivity contribution is 0.413. The molecule has 0 aliphatic carbocycles. The van der Waals surface area contributed by atoms with E-state index >= 15 is 0 Å². The van der Waals surface area contributed by atoms with Crippen molar-refractivity contribution >= 4 is 45.0 Å². The first kappa shape index (κ1) is 17.9. The summed E-state index contributed by atoms with van der Waals surface area (Å²) in [6.07, 6.45) is 0. The molecule has 1 aliphatic rings. The van der Waals surface area contributed by atoms with E-state index < -0.39 is 10.0 Å². The van der Waals surface area contributed by atoms with Crippen LogP contribution in [0.4, 0.5) is 0 Å². The number of benzene rings is 2. The molecule has 1 saturated heterocycles. The molecule has 1 aliphatic heterocycles. The lowest BCUT2D eigenvalue weighted by Crippen LogP contribution is -2.30. The van der Waals surface area contributed by atoms with Crippen LogP contribution in [0.15, 0.2) is 47.4 Å². The van der Waals surface area contributed by atoms with Gasteiger partial charge < -0.3 is 4.74 Å². The van der Waals surface area contributed by atoms with Crippen LogP contribution in [-0.2, 0) is 10.0 Å². The molecule has 24 heavy (non-hydrogen) atoms. The summed E-state index contributed by atoms with van der Waals surface area (Å²) in [4.78, 5) is 0.151. The molecule has 3 rings (SSSR count). The van der Waals surface area contributed by atoms with Crippen LogP contribution in [0.3, 0.4) is 0 Å². The van der Waals surface area contributed by atoms with E-state index in [1.807, 2.05) is 24.3 Å². The molecular weight excluding hydrogens is 389 g/mol. The van der Waals surface area contributed by atoms with Gasteiger partial charge in [-0.15, -0.1) is 11.8 Å². The van der Waals surface area contributed by atoms with Crippen LogP contribution >= 0.6 is 35.0 Å². The Balaban J connectivity index is 1.94. The average molecular weight is 404 g/mol. The molecular formula is C16H15Cl2NO3S2. The first-order valence-electron chi connectivity index (χ1n) is 7.16. The van der Waals surface area contributed by atoms with Crippen LogP contribution in [0.25, 0.3) is 0 Å². The monoisotopic (exact) mass is 403 g/mol. The van der Waals surface area contributed by atoms with Gasteiger partial charge in [0.2, 0.25) is 10.0 Å². The van der Waals surface area contributed by atoms with Gasteiger partial charge in [-0.25, -0.2) is 8.42 Å². The molecule has 0 spiro atoms. The standard InChI is InChI=1S/C16H15Cl2NO3S2/c1-22-12-4-2-11(3-5-12)16-19(8-9-23-16)24(20,21)13-6-7-14(17)15(18)10-13/h2-7,10,16H,8-9H2,1H3. The fourth-order valence-corrected chi connectivity index (χ4v) is 6.14. The maximum absolute atomic E-state index is 13.0. The summed E-state index contributed by atoms with van der Waals surface area (Å²) in [5.74, 6) is 1.47. The van der Waals surface area contributed by atoms with Gasteiger partial charge in [0.15, 0.2) is 0 Å². The molecule has 2 aromatic rings. The van der Waals surface area contributed by atoms with E-state index in [1.54, 1.807) is 18.9 Å². The Morgan fingerprint density at radius 2 is 1.83 bits per heavy atom. The Labute approximate surface area is 155 Å². The van der Waals surface area contributed by atoms with Crippen molar-refractivity contribution in [2.45, 2.75) is 10.3 Å². The second kappa shape index (κ2) is 7.14. The quantitative estimate of drug-likeness (QED) is 0.756. The highest BCUT2D eigenvalue weighted by Gasteiger charge is 2.37. The van der Waals surface area contributed by atoms with Gasteiger partial charge in [-0.05, 0) is 35.9 Å². The van der Waals surface area contributed by atoms with Gasteiger partial charge in [0.05, 0.1) is 27.4 Å². The smallest absolute Gasteiger partial charge is 0.244 e. The molecule has 0 saturated carbocycles. The van der Waals surface area contributed by atoms with Gasteiger partial charge in [-0.3, -0.25) is 0 Å². The highest BCUT2D eigenvalue weighted by atomic mass is 35.5. The summed E-state index contributed by atoms with van der Waals surface area (Å²) >= 11 is 13.5. The van der Waals surface area contributed by atoms with E-state index in [4.69, 9.17) is 27.9 Å². The molecule has 2 aromatic carbocycles. The normalized spacial score (nSPS) is 18.7. The minimum absolute atomic E-state index is 0.151.